The molecule has 3 rings (SSSR count). The van der Waals surface area contributed by atoms with Gasteiger partial charge in [-0.1, -0.05) is 18.2 Å². The Morgan fingerprint density at radius 2 is 1.74 bits per heavy atom. The Morgan fingerprint density at radius 1 is 1.06 bits per heavy atom. The Balaban J connectivity index is 1.75. The molecule has 1 heterocycles. The molecular formula is C19H19N5O6S. The summed E-state index contributed by atoms with van der Waals surface area (Å²) in [5.74, 6) is -1.99. The van der Waals surface area contributed by atoms with Crippen molar-refractivity contribution in [1.29, 1.82) is 0 Å². The fourth-order valence-corrected chi connectivity index (χ4v) is 3.54. The van der Waals surface area contributed by atoms with Crippen molar-refractivity contribution in [3.8, 4) is 17.2 Å². The van der Waals surface area contributed by atoms with E-state index in [9.17, 15) is 23.1 Å². The van der Waals surface area contributed by atoms with E-state index < -0.39 is 21.8 Å². The summed E-state index contributed by atoms with van der Waals surface area (Å²) in [4.78, 5) is 24.5. The average molecular weight is 445 g/mol. The van der Waals surface area contributed by atoms with Crippen LogP contribution in [0.25, 0.3) is 5.69 Å². The zero-order valence-corrected chi connectivity index (χ0v) is 17.3. The fraction of sp³-hybridized carbons (Fsp3) is 0.105. The molecule has 3 aromatic rings. The second-order valence-corrected chi connectivity index (χ2v) is 7.98. The molecule has 0 saturated carbocycles. The molecule has 0 atom stereocenters. The van der Waals surface area contributed by atoms with Gasteiger partial charge in [-0.3, -0.25) is 20.4 Å². The number of rotatable bonds is 6. The molecule has 2 amide bonds. The van der Waals surface area contributed by atoms with Crippen LogP contribution in [0, 0.1) is 0 Å². The molecule has 0 fully saturated rings. The van der Waals surface area contributed by atoms with Crippen molar-refractivity contribution in [1.82, 2.24) is 25.4 Å². The minimum atomic E-state index is -3.89. The van der Waals surface area contributed by atoms with Crippen LogP contribution >= 0.6 is 0 Å². The van der Waals surface area contributed by atoms with Gasteiger partial charge in [0.15, 0.2) is 11.4 Å². The first-order valence-corrected chi connectivity index (χ1v) is 10.3. The zero-order chi connectivity index (χ0) is 22.6. The predicted octanol–water partition coefficient (Wildman–Crippen LogP) is 0.569. The maximum absolute atomic E-state index is 12.4. The third-order valence-electron chi connectivity index (χ3n) is 4.20. The van der Waals surface area contributed by atoms with E-state index in [0.717, 1.165) is 6.07 Å². The van der Waals surface area contributed by atoms with Crippen LogP contribution in [0.3, 0.4) is 0 Å². The molecular weight excluding hydrogens is 426 g/mol. The summed E-state index contributed by atoms with van der Waals surface area (Å²) in [6.07, 6.45) is 1.25. The Bertz CT molecular complexity index is 1220. The Hall–Kier alpha value is -3.90. The lowest BCUT2D eigenvalue weighted by Crippen LogP contribution is -2.42. The van der Waals surface area contributed by atoms with E-state index in [-0.39, 0.29) is 27.7 Å². The maximum atomic E-state index is 12.4. The van der Waals surface area contributed by atoms with Gasteiger partial charge in [0.05, 0.1) is 19.0 Å². The molecule has 12 heteroatoms. The molecule has 0 spiro atoms. The lowest BCUT2D eigenvalue weighted by atomic mass is 10.2. The van der Waals surface area contributed by atoms with Crippen LogP contribution in [0.5, 0.6) is 11.5 Å². The number of hydrogen-bond acceptors (Lipinski definition) is 7. The second-order valence-electron chi connectivity index (χ2n) is 6.12. The number of amides is 2. The third-order valence-corrected chi connectivity index (χ3v) is 5.64. The molecule has 162 valence electrons. The Labute approximate surface area is 177 Å². The summed E-state index contributed by atoms with van der Waals surface area (Å²) in [6.45, 7) is 0. The smallest absolute Gasteiger partial charge is 0.294 e. The fourth-order valence-electron chi connectivity index (χ4n) is 2.62. The lowest BCUT2D eigenvalue weighted by molar-refractivity contribution is 0.0842. The number of hydrazine groups is 1. The minimum absolute atomic E-state index is 0.0473. The molecule has 0 saturated heterocycles. The van der Waals surface area contributed by atoms with Gasteiger partial charge in [0.25, 0.3) is 11.8 Å². The Kier molecular flexibility index (Phi) is 6.22. The number of sulfonamides is 1. The van der Waals surface area contributed by atoms with Crippen molar-refractivity contribution in [2.24, 2.45) is 0 Å². The van der Waals surface area contributed by atoms with Gasteiger partial charge in [-0.05, 0) is 37.4 Å². The van der Waals surface area contributed by atoms with Crippen LogP contribution in [0.1, 0.15) is 20.8 Å². The number of hydrogen-bond donors (Lipinski definition) is 4. The van der Waals surface area contributed by atoms with Crippen LogP contribution in [0.15, 0.2) is 59.6 Å². The molecule has 0 bridgehead atoms. The number of benzene rings is 2. The number of nitrogens with zero attached hydrogens (tertiary/aromatic N) is 2. The first-order valence-electron chi connectivity index (χ1n) is 8.83. The molecule has 2 aromatic carbocycles. The number of carbonyl (C=O) groups is 2. The number of para-hydroxylation sites is 1. The number of methoxy groups -OCH3 is 1. The minimum Gasteiger partial charge on any atom is -0.504 e. The highest BCUT2D eigenvalue weighted by molar-refractivity contribution is 7.89. The van der Waals surface area contributed by atoms with Gasteiger partial charge in [-0.25, -0.2) is 17.8 Å². The van der Waals surface area contributed by atoms with Gasteiger partial charge < -0.3 is 9.84 Å². The summed E-state index contributed by atoms with van der Waals surface area (Å²) >= 11 is 0. The highest BCUT2D eigenvalue weighted by Gasteiger charge is 2.21. The molecule has 4 N–H and O–H groups in total. The van der Waals surface area contributed by atoms with Crippen molar-refractivity contribution in [2.45, 2.75) is 4.90 Å². The summed E-state index contributed by atoms with van der Waals surface area (Å²) in [5, 5.41) is 14.0. The van der Waals surface area contributed by atoms with E-state index in [4.69, 9.17) is 4.74 Å². The number of carbonyl (C=O) groups excluding carboxylic acids is 2. The van der Waals surface area contributed by atoms with Crippen LogP contribution in [0.4, 0.5) is 0 Å². The molecule has 0 unspecified atom stereocenters. The average Bonchev–Trinajstić information content (AvgIpc) is 3.19. The van der Waals surface area contributed by atoms with Gasteiger partial charge in [-0.2, -0.15) is 5.10 Å². The second kappa shape index (κ2) is 8.85. The van der Waals surface area contributed by atoms with Gasteiger partial charge in [-0.15, -0.1) is 0 Å². The van der Waals surface area contributed by atoms with Gasteiger partial charge in [0.2, 0.25) is 10.0 Å². The van der Waals surface area contributed by atoms with Gasteiger partial charge in [0, 0.05) is 5.56 Å². The highest BCUT2D eigenvalue weighted by Crippen LogP contribution is 2.24. The summed E-state index contributed by atoms with van der Waals surface area (Å²) < 4.78 is 32.7. The van der Waals surface area contributed by atoms with E-state index >= 15 is 0 Å². The normalized spacial score (nSPS) is 11.0. The van der Waals surface area contributed by atoms with E-state index in [0.29, 0.717) is 5.69 Å². The van der Waals surface area contributed by atoms with Crippen LogP contribution in [0.2, 0.25) is 0 Å². The SMILES string of the molecule is CNS(=O)(=O)c1cc(C(=O)NNC(=O)c2nn(-c3ccccc3)cc2O)ccc1OC. The predicted molar refractivity (Wildman–Crippen MR) is 109 cm³/mol. The largest absolute Gasteiger partial charge is 0.504 e. The number of ether oxygens (including phenoxy) is 1. The van der Waals surface area contributed by atoms with E-state index in [1.165, 1.54) is 37.2 Å². The molecule has 31 heavy (non-hydrogen) atoms. The van der Waals surface area contributed by atoms with Gasteiger partial charge >= 0.3 is 0 Å². The van der Waals surface area contributed by atoms with Crippen LogP contribution in [-0.2, 0) is 10.0 Å². The molecule has 11 nitrogen and oxygen atoms in total. The van der Waals surface area contributed by atoms with E-state index in [1.807, 2.05) is 6.07 Å². The quantitative estimate of drug-likeness (QED) is 0.405. The summed E-state index contributed by atoms with van der Waals surface area (Å²) in [5.41, 5.74) is 4.55. The standard InChI is InChI=1S/C19H19N5O6S/c1-20-31(28,29)16-10-12(8-9-15(16)30-2)18(26)21-22-19(27)17-14(25)11-24(23-17)13-6-4-3-5-7-13/h3-11,20,25H,1-2H3,(H,21,26)(H,22,27). The van der Waals surface area contributed by atoms with E-state index in [2.05, 4.69) is 20.7 Å². The van der Waals surface area contributed by atoms with Gasteiger partial charge in [0.1, 0.15) is 10.6 Å². The van der Waals surface area contributed by atoms with Crippen molar-refractivity contribution in [3.63, 3.8) is 0 Å². The van der Waals surface area contributed by atoms with Crippen molar-refractivity contribution < 1.29 is 27.9 Å². The van der Waals surface area contributed by atoms with Crippen molar-refractivity contribution in [3.05, 3.63) is 66.0 Å². The lowest BCUT2D eigenvalue weighted by Gasteiger charge is -2.11. The molecule has 0 aliphatic carbocycles. The number of aromatic nitrogens is 2. The third kappa shape index (κ3) is 4.65. The van der Waals surface area contributed by atoms with Crippen LogP contribution < -0.4 is 20.3 Å². The molecule has 0 aliphatic heterocycles. The number of nitrogens with one attached hydrogen (secondary N) is 3. The maximum Gasteiger partial charge on any atom is 0.294 e. The van der Waals surface area contributed by atoms with Crippen molar-refractivity contribution >= 4 is 21.8 Å². The van der Waals surface area contributed by atoms with Crippen LogP contribution in [-0.4, -0.2) is 49.3 Å². The molecule has 0 radical (unpaired) electrons. The monoisotopic (exact) mass is 445 g/mol. The topological polar surface area (TPSA) is 152 Å². The highest BCUT2D eigenvalue weighted by atomic mass is 32.2. The number of aromatic hydroxyl groups is 1. The summed E-state index contributed by atoms with van der Waals surface area (Å²) in [6, 6.07) is 12.6. The first kappa shape index (κ1) is 21.8. The molecule has 1 aromatic heterocycles. The Morgan fingerprint density at radius 3 is 2.39 bits per heavy atom. The molecule has 0 aliphatic rings. The first-order chi connectivity index (χ1) is 14.8. The zero-order valence-electron chi connectivity index (χ0n) is 16.5. The van der Waals surface area contributed by atoms with Crippen molar-refractivity contribution in [2.75, 3.05) is 14.2 Å². The van der Waals surface area contributed by atoms with E-state index in [1.54, 1.807) is 24.3 Å². The summed E-state index contributed by atoms with van der Waals surface area (Å²) in [7, 11) is -1.37.